The van der Waals surface area contributed by atoms with Crippen LogP contribution in [0.4, 0.5) is 8.78 Å². The lowest BCUT2D eigenvalue weighted by atomic mass is 10.3. The number of hydrogen-bond acceptors (Lipinski definition) is 4. The van der Waals surface area contributed by atoms with Gasteiger partial charge in [0.25, 0.3) is 16.4 Å². The van der Waals surface area contributed by atoms with E-state index in [0.717, 1.165) is 7.05 Å². The third-order valence-corrected chi connectivity index (χ3v) is 4.28. The molecule has 19 heavy (non-hydrogen) atoms. The van der Waals surface area contributed by atoms with Crippen LogP contribution in [-0.2, 0) is 16.6 Å². The Balaban J connectivity index is 2.92. The van der Waals surface area contributed by atoms with E-state index in [0.29, 0.717) is 16.4 Å². The summed E-state index contributed by atoms with van der Waals surface area (Å²) in [6.07, 6.45) is -1.35. The highest BCUT2D eigenvalue weighted by molar-refractivity contribution is 7.89. The first kappa shape index (κ1) is 16.0. The van der Waals surface area contributed by atoms with E-state index in [-0.39, 0.29) is 11.1 Å². The van der Waals surface area contributed by atoms with Crippen LogP contribution in [0.15, 0.2) is 11.2 Å². The van der Waals surface area contributed by atoms with Gasteiger partial charge in [0.05, 0.1) is 12.7 Å². The fraction of sp³-hybridized carbons (Fsp3) is 0.700. The molecular weight excluding hydrogens is 278 g/mol. The van der Waals surface area contributed by atoms with Crippen LogP contribution < -0.4 is 5.32 Å². The average molecular weight is 296 g/mol. The molecule has 0 radical (unpaired) electrons. The molecule has 0 bridgehead atoms. The largest absolute Gasteiger partial charge is 0.310 e. The van der Waals surface area contributed by atoms with Crippen molar-refractivity contribution in [3.63, 3.8) is 0 Å². The summed E-state index contributed by atoms with van der Waals surface area (Å²) in [5, 5.41) is 8.93. The van der Waals surface area contributed by atoms with E-state index in [9.17, 15) is 17.2 Å². The molecule has 0 spiro atoms. The molecule has 0 amide bonds. The normalized spacial score (nSPS) is 12.8. The maximum atomic E-state index is 12.3. The zero-order valence-corrected chi connectivity index (χ0v) is 11.8. The van der Waals surface area contributed by atoms with Crippen molar-refractivity contribution in [3.05, 3.63) is 11.8 Å². The minimum atomic E-state index is -3.97. The smallest absolute Gasteiger partial charge is 0.260 e. The molecule has 0 aliphatic heterocycles. The van der Waals surface area contributed by atoms with Gasteiger partial charge in [-0.2, -0.15) is 9.40 Å². The minimum absolute atomic E-state index is 0.149. The second-order valence-electron chi connectivity index (χ2n) is 4.44. The summed E-state index contributed by atoms with van der Waals surface area (Å²) in [6.45, 7) is 3.28. The number of nitrogens with zero attached hydrogens (tertiary/aromatic N) is 2. The highest BCUT2D eigenvalue weighted by Gasteiger charge is 2.27. The van der Waals surface area contributed by atoms with Crippen molar-refractivity contribution in [2.75, 3.05) is 13.6 Å². The van der Waals surface area contributed by atoms with Crippen molar-refractivity contribution < 1.29 is 17.2 Å². The summed E-state index contributed by atoms with van der Waals surface area (Å²) >= 11 is 0. The lowest BCUT2D eigenvalue weighted by Gasteiger charge is -2.16. The molecular formula is C10H18F2N4O2S. The summed E-state index contributed by atoms with van der Waals surface area (Å²) in [7, 11) is -2.86. The van der Waals surface area contributed by atoms with Crippen LogP contribution in [0.1, 0.15) is 19.4 Å². The van der Waals surface area contributed by atoms with Gasteiger partial charge in [0.1, 0.15) is 0 Å². The molecule has 2 N–H and O–H groups in total. The van der Waals surface area contributed by atoms with Gasteiger partial charge in [-0.05, 0) is 0 Å². The molecule has 1 aromatic rings. The van der Waals surface area contributed by atoms with E-state index in [1.165, 1.54) is 6.20 Å². The number of rotatable bonds is 7. The molecule has 0 fully saturated rings. The van der Waals surface area contributed by atoms with Gasteiger partial charge in [0.2, 0.25) is 0 Å². The van der Waals surface area contributed by atoms with Crippen LogP contribution in [-0.4, -0.2) is 49.0 Å². The van der Waals surface area contributed by atoms with Crippen LogP contribution in [0.25, 0.3) is 0 Å². The lowest BCUT2D eigenvalue weighted by molar-refractivity contribution is 0.126. The summed E-state index contributed by atoms with van der Waals surface area (Å²) in [4.78, 5) is 0. The Morgan fingerprint density at radius 2 is 2.11 bits per heavy atom. The van der Waals surface area contributed by atoms with E-state index in [4.69, 9.17) is 0 Å². The van der Waals surface area contributed by atoms with Gasteiger partial charge in [0.15, 0.2) is 5.03 Å². The Kier molecular flexibility index (Phi) is 5.39. The summed E-state index contributed by atoms with van der Waals surface area (Å²) < 4.78 is 49.3. The van der Waals surface area contributed by atoms with Gasteiger partial charge in [-0.25, -0.2) is 17.2 Å². The topological polar surface area (TPSA) is 78.1 Å². The highest BCUT2D eigenvalue weighted by atomic mass is 32.2. The Morgan fingerprint density at radius 1 is 1.47 bits per heavy atom. The highest BCUT2D eigenvalue weighted by Crippen LogP contribution is 2.17. The van der Waals surface area contributed by atoms with Gasteiger partial charge in [-0.3, -0.25) is 5.10 Å². The van der Waals surface area contributed by atoms with E-state index in [1.54, 1.807) is 0 Å². The summed E-state index contributed by atoms with van der Waals surface area (Å²) in [5.41, 5.74) is 0.426. The first-order valence-electron chi connectivity index (χ1n) is 5.75. The van der Waals surface area contributed by atoms with Gasteiger partial charge < -0.3 is 5.32 Å². The molecule has 1 aromatic heterocycles. The fourth-order valence-corrected chi connectivity index (χ4v) is 2.66. The third kappa shape index (κ3) is 4.22. The van der Waals surface area contributed by atoms with Crippen LogP contribution in [0.5, 0.6) is 0 Å². The number of nitrogens with one attached hydrogen (secondary N) is 2. The van der Waals surface area contributed by atoms with E-state index >= 15 is 0 Å². The van der Waals surface area contributed by atoms with E-state index < -0.39 is 23.0 Å². The Labute approximate surface area is 111 Å². The second-order valence-corrected chi connectivity index (χ2v) is 6.42. The van der Waals surface area contributed by atoms with Gasteiger partial charge in [0, 0.05) is 25.2 Å². The number of halogens is 2. The Morgan fingerprint density at radius 3 is 2.63 bits per heavy atom. The van der Waals surface area contributed by atoms with Crippen LogP contribution in [0.3, 0.4) is 0 Å². The number of aromatic amines is 1. The van der Waals surface area contributed by atoms with Crippen LogP contribution in [0.2, 0.25) is 0 Å². The maximum absolute atomic E-state index is 12.3. The molecule has 0 aliphatic rings. The second kappa shape index (κ2) is 6.40. The number of sulfonamides is 1. The fourth-order valence-electron chi connectivity index (χ4n) is 1.41. The standard InChI is InChI=1S/C10H18F2N4O2S/c1-7(2)13-4-8-5-14-15-10(8)19(17,18)16(3)6-9(11)12/h5,7,9,13H,4,6H2,1-3H3,(H,14,15). The molecule has 1 heterocycles. The van der Waals surface area contributed by atoms with E-state index in [1.807, 2.05) is 13.8 Å². The zero-order chi connectivity index (χ0) is 14.6. The van der Waals surface area contributed by atoms with Crippen molar-refractivity contribution in [1.82, 2.24) is 19.8 Å². The summed E-state index contributed by atoms with van der Waals surface area (Å²) in [5.74, 6) is 0. The molecule has 0 unspecified atom stereocenters. The van der Waals surface area contributed by atoms with Crippen molar-refractivity contribution >= 4 is 10.0 Å². The quantitative estimate of drug-likeness (QED) is 0.780. The number of aromatic nitrogens is 2. The number of H-pyrrole nitrogens is 1. The van der Waals surface area contributed by atoms with Crippen molar-refractivity contribution in [1.29, 1.82) is 0 Å². The molecule has 6 nitrogen and oxygen atoms in total. The van der Waals surface area contributed by atoms with Crippen LogP contribution in [0, 0.1) is 0 Å². The van der Waals surface area contributed by atoms with E-state index in [2.05, 4.69) is 15.5 Å². The predicted octanol–water partition coefficient (Wildman–Crippen LogP) is 0.793. The molecule has 9 heteroatoms. The Hall–Kier alpha value is -1.06. The van der Waals surface area contributed by atoms with Crippen LogP contribution >= 0.6 is 0 Å². The lowest BCUT2D eigenvalue weighted by Crippen LogP contribution is -2.32. The van der Waals surface area contributed by atoms with Gasteiger partial charge in [-0.1, -0.05) is 13.8 Å². The summed E-state index contributed by atoms with van der Waals surface area (Å²) in [6, 6.07) is 0.171. The number of hydrogen-bond donors (Lipinski definition) is 2. The monoisotopic (exact) mass is 296 g/mol. The average Bonchev–Trinajstić information content (AvgIpc) is 2.73. The predicted molar refractivity (Wildman–Crippen MR) is 66.4 cm³/mol. The SMILES string of the molecule is CC(C)NCc1cn[nH]c1S(=O)(=O)N(C)CC(F)F. The first-order chi connectivity index (χ1) is 8.75. The molecule has 0 aromatic carbocycles. The minimum Gasteiger partial charge on any atom is -0.310 e. The molecule has 0 saturated carbocycles. The zero-order valence-electron chi connectivity index (χ0n) is 11.0. The van der Waals surface area contributed by atoms with Gasteiger partial charge >= 0.3 is 0 Å². The molecule has 0 aliphatic carbocycles. The van der Waals surface area contributed by atoms with Crippen molar-refractivity contribution in [3.8, 4) is 0 Å². The molecule has 1 rings (SSSR count). The van der Waals surface area contributed by atoms with Gasteiger partial charge in [-0.15, -0.1) is 0 Å². The van der Waals surface area contributed by atoms with Crippen molar-refractivity contribution in [2.45, 2.75) is 37.9 Å². The number of alkyl halides is 2. The van der Waals surface area contributed by atoms with Crippen molar-refractivity contribution in [2.24, 2.45) is 0 Å². The maximum Gasteiger partial charge on any atom is 0.260 e. The molecule has 110 valence electrons. The molecule has 0 atom stereocenters. The third-order valence-electron chi connectivity index (χ3n) is 2.44. The Bertz CT molecular complexity index is 501. The molecule has 0 saturated heterocycles. The first-order valence-corrected chi connectivity index (χ1v) is 7.19.